The molecule has 0 aliphatic heterocycles. The minimum absolute atomic E-state index is 0.0594. The Balaban J connectivity index is 1.59. The normalized spacial score (nSPS) is 13.4. The van der Waals surface area contributed by atoms with Crippen molar-refractivity contribution in [3.63, 3.8) is 0 Å². The highest BCUT2D eigenvalue weighted by Gasteiger charge is 2.20. The summed E-state index contributed by atoms with van der Waals surface area (Å²) in [5, 5.41) is 14.9. The Morgan fingerprint density at radius 1 is 1.24 bits per heavy atom. The van der Waals surface area contributed by atoms with Crippen molar-refractivity contribution in [2.75, 3.05) is 0 Å². The molecule has 2 heterocycles. The zero-order chi connectivity index (χ0) is 17.6. The van der Waals surface area contributed by atoms with Crippen molar-refractivity contribution < 1.29 is 9.21 Å². The van der Waals surface area contributed by atoms with Crippen LogP contribution in [-0.2, 0) is 11.3 Å². The fourth-order valence-corrected chi connectivity index (χ4v) is 3.10. The number of benzene rings is 1. The fraction of sp³-hybridized carbons (Fsp3) is 0.294. The van der Waals surface area contributed by atoms with Crippen LogP contribution < -0.4 is 5.32 Å². The molecule has 0 aliphatic rings. The van der Waals surface area contributed by atoms with Crippen molar-refractivity contribution in [3.05, 3.63) is 60.1 Å². The van der Waals surface area contributed by atoms with Crippen LogP contribution in [0.3, 0.4) is 0 Å². The maximum Gasteiger partial charge on any atom is 0.233 e. The first-order valence-corrected chi connectivity index (χ1v) is 8.82. The lowest BCUT2D eigenvalue weighted by Crippen LogP contribution is -2.33. The SMILES string of the molecule is CC(Sc1nnnn1Cc1ccco1)C(=O)NC(C)c1ccccc1. The molecule has 1 amide bonds. The van der Waals surface area contributed by atoms with Crippen LogP contribution in [0.2, 0.25) is 0 Å². The van der Waals surface area contributed by atoms with E-state index >= 15 is 0 Å². The van der Waals surface area contributed by atoms with Crippen LogP contribution in [0.1, 0.15) is 31.2 Å². The van der Waals surface area contributed by atoms with E-state index in [0.29, 0.717) is 11.7 Å². The van der Waals surface area contributed by atoms with Crippen molar-refractivity contribution in [2.24, 2.45) is 0 Å². The summed E-state index contributed by atoms with van der Waals surface area (Å²) in [7, 11) is 0. The number of hydrogen-bond acceptors (Lipinski definition) is 6. The number of rotatable bonds is 7. The second-order valence-electron chi connectivity index (χ2n) is 5.60. The molecule has 2 aromatic heterocycles. The van der Waals surface area contributed by atoms with Crippen molar-refractivity contribution in [1.82, 2.24) is 25.5 Å². The molecule has 2 atom stereocenters. The number of thioether (sulfide) groups is 1. The van der Waals surface area contributed by atoms with Gasteiger partial charge in [0.25, 0.3) is 0 Å². The zero-order valence-electron chi connectivity index (χ0n) is 14.0. The third kappa shape index (κ3) is 4.48. The molecule has 25 heavy (non-hydrogen) atoms. The molecular weight excluding hydrogens is 338 g/mol. The molecule has 0 fully saturated rings. The minimum Gasteiger partial charge on any atom is -0.467 e. The molecule has 130 valence electrons. The summed E-state index contributed by atoms with van der Waals surface area (Å²) in [6, 6.07) is 13.5. The third-order valence-electron chi connectivity index (χ3n) is 3.69. The maximum atomic E-state index is 12.5. The number of carbonyl (C=O) groups is 1. The van der Waals surface area contributed by atoms with Gasteiger partial charge in [0, 0.05) is 0 Å². The van der Waals surface area contributed by atoms with Crippen molar-refractivity contribution in [1.29, 1.82) is 0 Å². The van der Waals surface area contributed by atoms with Gasteiger partial charge in [-0.15, -0.1) is 5.10 Å². The van der Waals surface area contributed by atoms with E-state index in [2.05, 4.69) is 20.8 Å². The van der Waals surface area contributed by atoms with E-state index in [1.54, 1.807) is 10.9 Å². The van der Waals surface area contributed by atoms with Crippen LogP contribution in [0.25, 0.3) is 0 Å². The molecule has 1 N–H and O–H groups in total. The summed E-state index contributed by atoms with van der Waals surface area (Å²) in [6.45, 7) is 4.23. The first kappa shape index (κ1) is 17.2. The number of aromatic nitrogens is 4. The molecule has 2 unspecified atom stereocenters. The highest BCUT2D eigenvalue weighted by atomic mass is 32.2. The van der Waals surface area contributed by atoms with Gasteiger partial charge in [-0.25, -0.2) is 4.68 Å². The Hall–Kier alpha value is -2.61. The number of carbonyl (C=O) groups excluding carboxylic acids is 1. The molecule has 3 aromatic rings. The van der Waals surface area contributed by atoms with Crippen LogP contribution in [0, 0.1) is 0 Å². The van der Waals surface area contributed by atoms with Gasteiger partial charge in [0.15, 0.2) is 0 Å². The Morgan fingerprint density at radius 2 is 2.04 bits per heavy atom. The van der Waals surface area contributed by atoms with Gasteiger partial charge in [0.05, 0.1) is 17.6 Å². The molecule has 0 aliphatic carbocycles. The monoisotopic (exact) mass is 357 g/mol. The number of nitrogens with one attached hydrogen (secondary N) is 1. The highest BCUT2D eigenvalue weighted by molar-refractivity contribution is 8.00. The van der Waals surface area contributed by atoms with Gasteiger partial charge >= 0.3 is 0 Å². The van der Waals surface area contributed by atoms with E-state index in [0.717, 1.165) is 11.3 Å². The Morgan fingerprint density at radius 3 is 2.76 bits per heavy atom. The summed E-state index contributed by atoms with van der Waals surface area (Å²) in [5.74, 6) is 0.692. The first-order chi connectivity index (χ1) is 12.1. The fourth-order valence-electron chi connectivity index (χ4n) is 2.30. The first-order valence-electron chi connectivity index (χ1n) is 7.94. The molecule has 0 bridgehead atoms. The van der Waals surface area contributed by atoms with Gasteiger partial charge in [-0.2, -0.15) is 0 Å². The van der Waals surface area contributed by atoms with Gasteiger partial charge in [-0.1, -0.05) is 42.1 Å². The molecule has 1 aromatic carbocycles. The van der Waals surface area contributed by atoms with Gasteiger partial charge < -0.3 is 9.73 Å². The number of nitrogens with zero attached hydrogens (tertiary/aromatic N) is 4. The van der Waals surface area contributed by atoms with E-state index in [1.807, 2.05) is 56.3 Å². The largest absolute Gasteiger partial charge is 0.467 e. The molecule has 7 nitrogen and oxygen atoms in total. The Labute approximate surface area is 149 Å². The molecule has 0 radical (unpaired) electrons. The van der Waals surface area contributed by atoms with E-state index in [9.17, 15) is 4.79 Å². The average molecular weight is 357 g/mol. The Bertz CT molecular complexity index is 804. The summed E-state index contributed by atoms with van der Waals surface area (Å²) >= 11 is 1.32. The predicted molar refractivity (Wildman–Crippen MR) is 93.9 cm³/mol. The lowest BCUT2D eigenvalue weighted by molar-refractivity contribution is -0.120. The quantitative estimate of drug-likeness (QED) is 0.654. The van der Waals surface area contributed by atoms with Crippen molar-refractivity contribution in [2.45, 2.75) is 36.8 Å². The summed E-state index contributed by atoms with van der Waals surface area (Å²) in [5.41, 5.74) is 1.07. The topological polar surface area (TPSA) is 85.8 Å². The van der Waals surface area contributed by atoms with E-state index in [1.165, 1.54) is 11.8 Å². The molecule has 8 heteroatoms. The molecule has 3 rings (SSSR count). The number of hydrogen-bond donors (Lipinski definition) is 1. The van der Waals surface area contributed by atoms with Crippen molar-refractivity contribution in [3.8, 4) is 0 Å². The average Bonchev–Trinajstić information content (AvgIpc) is 3.28. The van der Waals surface area contributed by atoms with E-state index < -0.39 is 0 Å². The molecular formula is C17H19N5O2S. The number of furan rings is 1. The van der Waals surface area contributed by atoms with E-state index in [4.69, 9.17) is 4.42 Å². The van der Waals surface area contributed by atoms with Crippen LogP contribution in [0.5, 0.6) is 0 Å². The van der Waals surface area contributed by atoms with Gasteiger partial charge in [0.2, 0.25) is 11.1 Å². The van der Waals surface area contributed by atoms with Crippen molar-refractivity contribution >= 4 is 17.7 Å². The van der Waals surface area contributed by atoms with Crippen LogP contribution in [0.15, 0.2) is 58.3 Å². The smallest absolute Gasteiger partial charge is 0.233 e. The lowest BCUT2D eigenvalue weighted by Gasteiger charge is -2.17. The Kier molecular flexibility index (Phi) is 5.49. The summed E-state index contributed by atoms with van der Waals surface area (Å²) in [4.78, 5) is 12.5. The molecule has 0 saturated carbocycles. The second-order valence-corrected chi connectivity index (χ2v) is 6.91. The number of amides is 1. The summed E-state index contributed by atoms with van der Waals surface area (Å²) < 4.78 is 6.93. The second kappa shape index (κ2) is 7.98. The van der Waals surface area contributed by atoms with Crippen LogP contribution >= 0.6 is 11.8 Å². The van der Waals surface area contributed by atoms with E-state index in [-0.39, 0.29) is 17.2 Å². The van der Waals surface area contributed by atoms with Gasteiger partial charge in [0.1, 0.15) is 12.3 Å². The maximum absolute atomic E-state index is 12.5. The highest BCUT2D eigenvalue weighted by Crippen LogP contribution is 2.22. The molecule has 0 saturated heterocycles. The summed E-state index contributed by atoms with van der Waals surface area (Å²) in [6.07, 6.45) is 1.60. The van der Waals surface area contributed by atoms with Gasteiger partial charge in [-0.3, -0.25) is 4.79 Å². The molecule has 0 spiro atoms. The minimum atomic E-state index is -0.326. The van der Waals surface area contributed by atoms with Crippen LogP contribution in [0.4, 0.5) is 0 Å². The number of tetrazole rings is 1. The standard InChI is InChI=1S/C17H19N5O2S/c1-12(14-7-4-3-5-8-14)18-16(23)13(2)25-17-19-20-21-22(17)11-15-9-6-10-24-15/h3-10,12-13H,11H2,1-2H3,(H,18,23). The zero-order valence-corrected chi connectivity index (χ0v) is 14.8. The predicted octanol–water partition coefficient (Wildman–Crippen LogP) is 2.67. The van der Waals surface area contributed by atoms with Crippen LogP contribution in [-0.4, -0.2) is 31.4 Å². The van der Waals surface area contributed by atoms with Gasteiger partial charge in [-0.05, 0) is 42.0 Å². The lowest BCUT2D eigenvalue weighted by atomic mass is 10.1. The third-order valence-corrected chi connectivity index (χ3v) is 4.77.